The molecule has 1 unspecified atom stereocenters. The van der Waals surface area contributed by atoms with Crippen LogP contribution in [0.25, 0.3) is 11.1 Å². The molecule has 1 atom stereocenters. The number of aromatic carboxylic acids is 2. The van der Waals surface area contributed by atoms with Crippen molar-refractivity contribution >= 4 is 17.7 Å². The van der Waals surface area contributed by atoms with Gasteiger partial charge in [-0.25, -0.2) is 9.59 Å². The number of aliphatic hydroxyl groups is 1. The zero-order valence-corrected chi connectivity index (χ0v) is 18.4. The number of rotatable bonds is 8. The highest BCUT2D eigenvalue weighted by atomic mass is 16.5. The van der Waals surface area contributed by atoms with Crippen molar-refractivity contribution in [1.29, 1.82) is 0 Å². The number of benzene rings is 3. The quantitative estimate of drug-likeness (QED) is 0.258. The second kappa shape index (κ2) is 8.96. The molecule has 7 nitrogen and oxygen atoms in total. The minimum absolute atomic E-state index is 0.0688. The molecule has 0 saturated carbocycles. The van der Waals surface area contributed by atoms with Crippen molar-refractivity contribution in [2.24, 2.45) is 0 Å². The predicted octanol–water partition coefficient (Wildman–Crippen LogP) is 4.74. The lowest BCUT2D eigenvalue weighted by Gasteiger charge is -2.21. The van der Waals surface area contributed by atoms with E-state index in [0.29, 0.717) is 12.2 Å². The molecule has 4 rings (SSSR count). The number of hydrogen-bond donors (Lipinski definition) is 3. The monoisotopic (exact) mass is 458 g/mol. The van der Waals surface area contributed by atoms with Crippen LogP contribution in [0.4, 0.5) is 0 Å². The van der Waals surface area contributed by atoms with Gasteiger partial charge in [-0.15, -0.1) is 0 Å². The smallest absolute Gasteiger partial charge is 0.336 e. The molecule has 0 amide bonds. The number of carboxylic acids is 2. The van der Waals surface area contributed by atoms with Crippen molar-refractivity contribution in [1.82, 2.24) is 0 Å². The summed E-state index contributed by atoms with van der Waals surface area (Å²) in [7, 11) is 0. The second-order valence-corrected chi connectivity index (χ2v) is 8.10. The first-order valence-corrected chi connectivity index (χ1v) is 10.6. The van der Waals surface area contributed by atoms with Crippen LogP contribution in [0.5, 0.6) is 11.5 Å². The Morgan fingerprint density at radius 1 is 1.03 bits per heavy atom. The molecule has 1 aliphatic rings. The van der Waals surface area contributed by atoms with E-state index in [9.17, 15) is 29.7 Å². The number of carbonyl (C=O) groups excluding carboxylic acids is 1. The molecular weight excluding hydrogens is 436 g/mol. The molecule has 3 aromatic rings. The van der Waals surface area contributed by atoms with Gasteiger partial charge in [0.15, 0.2) is 5.78 Å². The lowest BCUT2D eigenvalue weighted by atomic mass is 9.91. The highest BCUT2D eigenvalue weighted by Crippen LogP contribution is 2.44. The summed E-state index contributed by atoms with van der Waals surface area (Å²) < 4.78 is 6.23. The standard InChI is InChI=1S/C27H22O7/c1-3-22(29)19-13-21(26(30)31)24(27(32)33)20(11-14(2)28)25(19)34-23-10-6-9-17-16-8-5-4-7-15(16)12-18(17)23/h3-10,13-14,28H,1,11-12H2,2H3,(H,30,31)(H,32,33). The molecule has 3 N–H and O–H groups in total. The third kappa shape index (κ3) is 3.97. The molecule has 0 fully saturated rings. The Labute approximate surface area is 195 Å². The molecular formula is C27H22O7. The van der Waals surface area contributed by atoms with Gasteiger partial charge >= 0.3 is 11.9 Å². The number of carboxylic acid groups (broad SMARTS) is 2. The van der Waals surface area contributed by atoms with E-state index in [4.69, 9.17) is 4.74 Å². The molecule has 0 spiro atoms. The lowest BCUT2D eigenvalue weighted by molar-refractivity contribution is 0.0649. The molecule has 0 saturated heterocycles. The molecule has 34 heavy (non-hydrogen) atoms. The Hall–Kier alpha value is -4.23. The fourth-order valence-corrected chi connectivity index (χ4v) is 4.37. The maximum absolute atomic E-state index is 12.7. The van der Waals surface area contributed by atoms with E-state index in [-0.39, 0.29) is 23.3 Å². The van der Waals surface area contributed by atoms with Gasteiger partial charge in [0.2, 0.25) is 0 Å². The predicted molar refractivity (Wildman–Crippen MR) is 125 cm³/mol. The summed E-state index contributed by atoms with van der Waals surface area (Å²) in [6.07, 6.45) is 0.329. The summed E-state index contributed by atoms with van der Waals surface area (Å²) in [6, 6.07) is 14.3. The van der Waals surface area contributed by atoms with Crippen LogP contribution in [0.1, 0.15) is 54.7 Å². The number of ketones is 1. The normalized spacial score (nSPS) is 12.4. The number of fused-ring (bicyclic) bond motifs is 3. The van der Waals surface area contributed by atoms with Crippen molar-refractivity contribution in [3.05, 3.63) is 94.6 Å². The summed E-state index contributed by atoms with van der Waals surface area (Å²) in [6.45, 7) is 4.91. The van der Waals surface area contributed by atoms with Gasteiger partial charge < -0.3 is 20.1 Å². The highest BCUT2D eigenvalue weighted by molar-refractivity contribution is 6.11. The Balaban J connectivity index is 1.97. The van der Waals surface area contributed by atoms with Crippen LogP contribution in [-0.2, 0) is 12.8 Å². The van der Waals surface area contributed by atoms with Gasteiger partial charge in [-0.2, -0.15) is 0 Å². The van der Waals surface area contributed by atoms with E-state index in [1.807, 2.05) is 30.3 Å². The molecule has 3 aromatic carbocycles. The van der Waals surface area contributed by atoms with E-state index < -0.39 is 35.0 Å². The molecule has 0 radical (unpaired) electrons. The van der Waals surface area contributed by atoms with E-state index >= 15 is 0 Å². The fourth-order valence-electron chi connectivity index (χ4n) is 4.37. The molecule has 1 aliphatic carbocycles. The van der Waals surface area contributed by atoms with Gasteiger partial charge in [-0.05, 0) is 41.8 Å². The van der Waals surface area contributed by atoms with E-state index in [1.165, 1.54) is 6.92 Å². The van der Waals surface area contributed by atoms with Gasteiger partial charge in [-0.3, -0.25) is 4.79 Å². The molecule has 0 aliphatic heterocycles. The largest absolute Gasteiger partial charge is 0.478 e. The zero-order chi connectivity index (χ0) is 24.6. The lowest BCUT2D eigenvalue weighted by Crippen LogP contribution is -2.18. The Kier molecular flexibility index (Phi) is 6.04. The van der Waals surface area contributed by atoms with Gasteiger partial charge in [0, 0.05) is 24.0 Å². The first-order chi connectivity index (χ1) is 16.2. The summed E-state index contributed by atoms with van der Waals surface area (Å²) in [5.74, 6) is -3.32. The summed E-state index contributed by atoms with van der Waals surface area (Å²) in [5.41, 5.74) is 2.69. The van der Waals surface area contributed by atoms with Crippen LogP contribution >= 0.6 is 0 Å². The van der Waals surface area contributed by atoms with Gasteiger partial charge in [-0.1, -0.05) is 43.0 Å². The van der Waals surface area contributed by atoms with Gasteiger partial charge in [0.05, 0.1) is 22.8 Å². The van der Waals surface area contributed by atoms with Crippen LogP contribution < -0.4 is 4.74 Å². The summed E-state index contributed by atoms with van der Waals surface area (Å²) in [5, 5.41) is 29.6. The first kappa shape index (κ1) is 22.9. The Morgan fingerprint density at radius 3 is 2.38 bits per heavy atom. The van der Waals surface area contributed by atoms with Crippen molar-refractivity contribution < 1.29 is 34.4 Å². The van der Waals surface area contributed by atoms with Crippen molar-refractivity contribution in [3.8, 4) is 22.6 Å². The SMILES string of the molecule is C=CC(=O)c1cc(C(=O)O)c(C(=O)O)c(CC(C)O)c1Oc1cccc2c1Cc1ccccc1-2. The first-order valence-electron chi connectivity index (χ1n) is 10.6. The molecule has 7 heteroatoms. The number of allylic oxidation sites excluding steroid dienone is 1. The van der Waals surface area contributed by atoms with E-state index in [0.717, 1.165) is 34.4 Å². The van der Waals surface area contributed by atoms with Crippen molar-refractivity contribution in [2.45, 2.75) is 25.9 Å². The summed E-state index contributed by atoms with van der Waals surface area (Å²) >= 11 is 0. The number of hydrogen-bond acceptors (Lipinski definition) is 5. The summed E-state index contributed by atoms with van der Waals surface area (Å²) in [4.78, 5) is 36.7. The zero-order valence-electron chi connectivity index (χ0n) is 18.4. The third-order valence-corrected chi connectivity index (χ3v) is 5.79. The number of aliphatic hydroxyl groups excluding tert-OH is 1. The molecule has 172 valence electrons. The van der Waals surface area contributed by atoms with E-state index in [1.54, 1.807) is 12.1 Å². The maximum atomic E-state index is 12.7. The molecule has 0 aromatic heterocycles. The topological polar surface area (TPSA) is 121 Å². The average molecular weight is 458 g/mol. The molecule has 0 bridgehead atoms. The highest BCUT2D eigenvalue weighted by Gasteiger charge is 2.30. The second-order valence-electron chi connectivity index (χ2n) is 8.10. The Morgan fingerprint density at radius 2 is 1.74 bits per heavy atom. The van der Waals surface area contributed by atoms with Crippen molar-refractivity contribution in [2.75, 3.05) is 0 Å². The minimum atomic E-state index is -1.51. The van der Waals surface area contributed by atoms with E-state index in [2.05, 4.69) is 6.58 Å². The van der Waals surface area contributed by atoms with Crippen LogP contribution in [0.3, 0.4) is 0 Å². The van der Waals surface area contributed by atoms with Crippen LogP contribution in [0.2, 0.25) is 0 Å². The molecule has 0 heterocycles. The van der Waals surface area contributed by atoms with Gasteiger partial charge in [0.25, 0.3) is 0 Å². The van der Waals surface area contributed by atoms with Crippen molar-refractivity contribution in [3.63, 3.8) is 0 Å². The Bertz CT molecular complexity index is 1350. The maximum Gasteiger partial charge on any atom is 0.336 e. The number of ether oxygens (including phenoxy) is 1. The average Bonchev–Trinajstić information content (AvgIpc) is 3.18. The third-order valence-electron chi connectivity index (χ3n) is 5.79. The number of carbonyl (C=O) groups is 3. The van der Waals surface area contributed by atoms with Crippen LogP contribution in [-0.4, -0.2) is 39.1 Å². The van der Waals surface area contributed by atoms with Crippen LogP contribution in [0.15, 0.2) is 61.2 Å². The van der Waals surface area contributed by atoms with Crippen LogP contribution in [0, 0.1) is 0 Å². The minimum Gasteiger partial charge on any atom is -0.478 e. The van der Waals surface area contributed by atoms with Gasteiger partial charge in [0.1, 0.15) is 11.5 Å². The fraction of sp³-hybridized carbons (Fsp3) is 0.148.